The van der Waals surface area contributed by atoms with Gasteiger partial charge in [0, 0.05) is 5.39 Å². The van der Waals surface area contributed by atoms with Gasteiger partial charge >= 0.3 is 0 Å². The van der Waals surface area contributed by atoms with Crippen molar-refractivity contribution in [3.63, 3.8) is 0 Å². The Morgan fingerprint density at radius 2 is 1.88 bits per heavy atom. The number of rotatable bonds is 1. The number of hydrogen-bond acceptors (Lipinski definition) is 3. The zero-order chi connectivity index (χ0) is 11.9. The molecule has 0 atom stereocenters. The number of halogens is 2. The number of nitrogens with one attached hydrogen (secondary N) is 1. The van der Waals surface area contributed by atoms with Crippen molar-refractivity contribution in [1.82, 2.24) is 4.98 Å². The van der Waals surface area contributed by atoms with Crippen molar-refractivity contribution >= 4 is 39.9 Å². The molecule has 3 nitrogen and oxygen atoms in total. The molecular formula is C11H11Cl2N3. The summed E-state index contributed by atoms with van der Waals surface area (Å²) in [6, 6.07) is 3.73. The number of hydrazine groups is 1. The Bertz CT molecular complexity index is 567. The number of benzene rings is 1. The van der Waals surface area contributed by atoms with Gasteiger partial charge in [0.2, 0.25) is 0 Å². The lowest BCUT2D eigenvalue weighted by atomic mass is 10.1. The molecule has 0 saturated heterocycles. The first-order chi connectivity index (χ1) is 7.54. The van der Waals surface area contributed by atoms with Gasteiger partial charge in [0.1, 0.15) is 5.82 Å². The first-order valence-corrected chi connectivity index (χ1v) is 5.52. The monoisotopic (exact) mass is 255 g/mol. The summed E-state index contributed by atoms with van der Waals surface area (Å²) in [4.78, 5) is 4.34. The standard InChI is InChI=1S/C11H11Cl2N3/c1-5-4-8(12)10-7(9(5)13)3-6(2)11(15-10)16-14/h3-4H,14H2,1-2H3,(H,15,16). The van der Waals surface area contributed by atoms with Crippen LogP contribution in [0.15, 0.2) is 12.1 Å². The molecule has 2 rings (SSSR count). The molecule has 0 saturated carbocycles. The van der Waals surface area contributed by atoms with Gasteiger partial charge in [-0.1, -0.05) is 23.2 Å². The van der Waals surface area contributed by atoms with Crippen LogP contribution in [-0.2, 0) is 0 Å². The second kappa shape index (κ2) is 4.09. The molecule has 1 heterocycles. The molecule has 0 amide bonds. The van der Waals surface area contributed by atoms with E-state index in [0.29, 0.717) is 21.4 Å². The molecule has 1 aromatic carbocycles. The molecule has 5 heteroatoms. The molecule has 0 fully saturated rings. The minimum absolute atomic E-state index is 0.577. The Kier molecular flexibility index (Phi) is 2.93. The van der Waals surface area contributed by atoms with Gasteiger partial charge in [-0.2, -0.15) is 0 Å². The van der Waals surface area contributed by atoms with E-state index < -0.39 is 0 Å². The van der Waals surface area contributed by atoms with Crippen molar-refractivity contribution in [3.8, 4) is 0 Å². The van der Waals surface area contributed by atoms with E-state index in [4.69, 9.17) is 29.0 Å². The van der Waals surface area contributed by atoms with Crippen LogP contribution in [0.1, 0.15) is 11.1 Å². The average Bonchev–Trinajstić information content (AvgIpc) is 2.25. The van der Waals surface area contributed by atoms with Crippen molar-refractivity contribution < 1.29 is 0 Å². The second-order valence-electron chi connectivity index (χ2n) is 3.68. The van der Waals surface area contributed by atoms with Gasteiger partial charge in [-0.15, -0.1) is 0 Å². The Balaban J connectivity index is 2.90. The van der Waals surface area contributed by atoms with Gasteiger partial charge in [0.05, 0.1) is 15.6 Å². The minimum atomic E-state index is 0.577. The molecule has 1 aromatic heterocycles. The first kappa shape index (κ1) is 11.5. The Hall–Kier alpha value is -1.03. The number of aryl methyl sites for hydroxylation is 2. The van der Waals surface area contributed by atoms with Crippen molar-refractivity contribution in [2.75, 3.05) is 5.43 Å². The van der Waals surface area contributed by atoms with Crippen molar-refractivity contribution in [2.24, 2.45) is 5.84 Å². The van der Waals surface area contributed by atoms with Crippen LogP contribution in [0.5, 0.6) is 0 Å². The van der Waals surface area contributed by atoms with Crippen LogP contribution in [0.3, 0.4) is 0 Å². The van der Waals surface area contributed by atoms with Crippen LogP contribution in [0, 0.1) is 13.8 Å². The number of pyridine rings is 1. The number of anilines is 1. The molecule has 0 bridgehead atoms. The van der Waals surface area contributed by atoms with Crippen LogP contribution < -0.4 is 11.3 Å². The lowest BCUT2D eigenvalue weighted by Crippen LogP contribution is -2.10. The molecular weight excluding hydrogens is 245 g/mol. The van der Waals surface area contributed by atoms with Crippen LogP contribution in [-0.4, -0.2) is 4.98 Å². The fourth-order valence-corrected chi connectivity index (χ4v) is 2.15. The summed E-state index contributed by atoms with van der Waals surface area (Å²) in [6.45, 7) is 3.83. The summed E-state index contributed by atoms with van der Waals surface area (Å²) in [5, 5.41) is 2.11. The van der Waals surface area contributed by atoms with E-state index >= 15 is 0 Å². The highest BCUT2D eigenvalue weighted by molar-refractivity contribution is 6.40. The quantitative estimate of drug-likeness (QED) is 0.607. The molecule has 0 aliphatic rings. The third-order valence-electron chi connectivity index (χ3n) is 2.50. The van der Waals surface area contributed by atoms with E-state index in [1.165, 1.54) is 0 Å². The molecule has 16 heavy (non-hydrogen) atoms. The first-order valence-electron chi connectivity index (χ1n) is 4.77. The topological polar surface area (TPSA) is 50.9 Å². The summed E-state index contributed by atoms with van der Waals surface area (Å²) >= 11 is 12.3. The zero-order valence-electron chi connectivity index (χ0n) is 8.94. The zero-order valence-corrected chi connectivity index (χ0v) is 10.4. The fourth-order valence-electron chi connectivity index (χ4n) is 1.64. The highest BCUT2D eigenvalue weighted by Crippen LogP contribution is 2.33. The van der Waals surface area contributed by atoms with E-state index in [9.17, 15) is 0 Å². The summed E-state index contributed by atoms with van der Waals surface area (Å²) < 4.78 is 0. The number of nitrogens with zero attached hydrogens (tertiary/aromatic N) is 1. The van der Waals surface area contributed by atoms with Gasteiger partial charge < -0.3 is 5.43 Å². The van der Waals surface area contributed by atoms with Crippen LogP contribution in [0.2, 0.25) is 10.0 Å². The molecule has 84 valence electrons. The van der Waals surface area contributed by atoms with Crippen LogP contribution in [0.25, 0.3) is 10.9 Å². The van der Waals surface area contributed by atoms with E-state index in [2.05, 4.69) is 10.4 Å². The van der Waals surface area contributed by atoms with Crippen LogP contribution in [0.4, 0.5) is 5.82 Å². The number of aromatic nitrogens is 1. The second-order valence-corrected chi connectivity index (χ2v) is 4.47. The predicted molar refractivity (Wildman–Crippen MR) is 69.0 cm³/mol. The summed E-state index contributed by atoms with van der Waals surface area (Å²) in [6.07, 6.45) is 0. The molecule has 2 aromatic rings. The molecule has 0 unspecified atom stereocenters. The lowest BCUT2D eigenvalue weighted by Gasteiger charge is -2.10. The summed E-state index contributed by atoms with van der Waals surface area (Å²) in [7, 11) is 0. The third-order valence-corrected chi connectivity index (χ3v) is 3.29. The smallest absolute Gasteiger partial charge is 0.143 e. The van der Waals surface area contributed by atoms with Crippen molar-refractivity contribution in [1.29, 1.82) is 0 Å². The van der Waals surface area contributed by atoms with Crippen molar-refractivity contribution in [3.05, 3.63) is 33.3 Å². The largest absolute Gasteiger partial charge is 0.308 e. The lowest BCUT2D eigenvalue weighted by molar-refractivity contribution is 1.22. The third kappa shape index (κ3) is 1.71. The highest BCUT2D eigenvalue weighted by atomic mass is 35.5. The number of nitrogen functional groups attached to an aromatic ring is 1. The maximum absolute atomic E-state index is 6.22. The molecule has 0 aliphatic carbocycles. The molecule has 0 radical (unpaired) electrons. The molecule has 0 spiro atoms. The van der Waals surface area contributed by atoms with Gasteiger partial charge in [-0.05, 0) is 37.1 Å². The SMILES string of the molecule is Cc1cc2c(Cl)c(C)cc(Cl)c2nc1NN. The number of nitrogens with two attached hydrogens (primary N) is 1. The predicted octanol–water partition coefficient (Wildman–Crippen LogP) is 3.44. The summed E-state index contributed by atoms with van der Waals surface area (Å²) in [5.74, 6) is 5.98. The van der Waals surface area contributed by atoms with Gasteiger partial charge in [0.15, 0.2) is 0 Å². The minimum Gasteiger partial charge on any atom is -0.308 e. The maximum Gasteiger partial charge on any atom is 0.143 e. The Morgan fingerprint density at radius 1 is 1.19 bits per heavy atom. The van der Waals surface area contributed by atoms with Crippen LogP contribution >= 0.6 is 23.2 Å². The number of fused-ring (bicyclic) bond motifs is 1. The number of hydrogen-bond donors (Lipinski definition) is 2. The van der Waals surface area contributed by atoms with Gasteiger partial charge in [0.25, 0.3) is 0 Å². The Labute approximate surface area is 104 Å². The van der Waals surface area contributed by atoms with E-state index in [1.54, 1.807) is 6.07 Å². The Morgan fingerprint density at radius 3 is 2.50 bits per heavy atom. The van der Waals surface area contributed by atoms with E-state index in [1.807, 2.05) is 19.9 Å². The van der Waals surface area contributed by atoms with E-state index in [-0.39, 0.29) is 0 Å². The molecule has 0 aliphatic heterocycles. The average molecular weight is 256 g/mol. The molecule has 3 N–H and O–H groups in total. The maximum atomic E-state index is 6.22. The van der Waals surface area contributed by atoms with E-state index in [0.717, 1.165) is 16.5 Å². The van der Waals surface area contributed by atoms with Gasteiger partial charge in [-0.3, -0.25) is 0 Å². The summed E-state index contributed by atoms with van der Waals surface area (Å²) in [5.41, 5.74) is 5.07. The highest BCUT2D eigenvalue weighted by Gasteiger charge is 2.10. The fraction of sp³-hybridized carbons (Fsp3) is 0.182. The van der Waals surface area contributed by atoms with Gasteiger partial charge in [-0.25, -0.2) is 10.8 Å². The normalized spacial score (nSPS) is 10.8. The van der Waals surface area contributed by atoms with Crippen molar-refractivity contribution in [2.45, 2.75) is 13.8 Å².